The molecule has 4 nitrogen and oxygen atoms in total. The first kappa shape index (κ1) is 17.7. The van der Waals surface area contributed by atoms with Gasteiger partial charge in [-0.25, -0.2) is 0 Å². The number of Topliss-reactive ketones (excluding diaryl/α,β-unsaturated/α-hetero) is 1. The summed E-state index contributed by atoms with van der Waals surface area (Å²) >= 11 is 0. The average Bonchev–Trinajstić information content (AvgIpc) is 2.68. The second kappa shape index (κ2) is 8.83. The number of benzene rings is 3. The Balaban J connectivity index is 1.54. The van der Waals surface area contributed by atoms with Gasteiger partial charge in [-0.2, -0.15) is 0 Å². The van der Waals surface area contributed by atoms with E-state index in [-0.39, 0.29) is 23.7 Å². The molecule has 3 aromatic carbocycles. The first-order valence-corrected chi connectivity index (χ1v) is 8.37. The van der Waals surface area contributed by atoms with Gasteiger partial charge in [-0.1, -0.05) is 60.7 Å². The van der Waals surface area contributed by atoms with Crippen LogP contribution in [0, 0.1) is 0 Å². The van der Waals surface area contributed by atoms with Crippen LogP contribution in [-0.2, 0) is 18.0 Å². The standard InChI is InChI=1S/C22H20O4/c23-21-13-19(26-15-18-9-5-2-6-10-18)11-12-20(21)22(24)16-25-14-17-7-3-1-4-8-17/h1-13,23H,14-16H2. The van der Waals surface area contributed by atoms with Gasteiger partial charge in [0.2, 0.25) is 0 Å². The number of aromatic hydroxyl groups is 1. The molecule has 0 heterocycles. The summed E-state index contributed by atoms with van der Waals surface area (Å²) in [6.45, 7) is 0.659. The third-order valence-electron chi connectivity index (χ3n) is 3.86. The smallest absolute Gasteiger partial charge is 0.192 e. The lowest BCUT2D eigenvalue weighted by molar-refractivity contribution is 0.0724. The molecule has 0 saturated carbocycles. The Bertz CT molecular complexity index is 845. The molecule has 0 atom stereocenters. The lowest BCUT2D eigenvalue weighted by Crippen LogP contribution is -2.09. The predicted molar refractivity (Wildman–Crippen MR) is 99.3 cm³/mol. The summed E-state index contributed by atoms with van der Waals surface area (Å²) in [7, 11) is 0. The molecular weight excluding hydrogens is 328 g/mol. The van der Waals surface area contributed by atoms with E-state index in [0.717, 1.165) is 11.1 Å². The van der Waals surface area contributed by atoms with Gasteiger partial charge in [-0.15, -0.1) is 0 Å². The molecule has 0 bridgehead atoms. The van der Waals surface area contributed by atoms with Crippen molar-refractivity contribution in [2.75, 3.05) is 6.61 Å². The predicted octanol–water partition coefficient (Wildman–Crippen LogP) is 4.37. The fraction of sp³-hybridized carbons (Fsp3) is 0.136. The first-order chi connectivity index (χ1) is 12.7. The summed E-state index contributed by atoms with van der Waals surface area (Å²) in [5, 5.41) is 10.1. The zero-order valence-electron chi connectivity index (χ0n) is 14.3. The average molecular weight is 348 g/mol. The minimum atomic E-state index is -0.270. The molecule has 0 aromatic heterocycles. The van der Waals surface area contributed by atoms with Crippen LogP contribution in [0.5, 0.6) is 11.5 Å². The Morgan fingerprint density at radius 1 is 0.808 bits per heavy atom. The van der Waals surface area contributed by atoms with Crippen LogP contribution in [0.15, 0.2) is 78.9 Å². The number of ether oxygens (including phenoxy) is 2. The van der Waals surface area contributed by atoms with Crippen LogP contribution in [0.25, 0.3) is 0 Å². The monoisotopic (exact) mass is 348 g/mol. The third-order valence-corrected chi connectivity index (χ3v) is 3.86. The van der Waals surface area contributed by atoms with Crippen molar-refractivity contribution in [3.8, 4) is 11.5 Å². The van der Waals surface area contributed by atoms with Gasteiger partial charge in [-0.3, -0.25) is 4.79 Å². The number of carbonyl (C=O) groups is 1. The lowest BCUT2D eigenvalue weighted by Gasteiger charge is -2.09. The van der Waals surface area contributed by atoms with Crippen LogP contribution in [0.4, 0.5) is 0 Å². The molecule has 0 unspecified atom stereocenters. The van der Waals surface area contributed by atoms with E-state index in [9.17, 15) is 9.90 Å². The van der Waals surface area contributed by atoms with Crippen LogP contribution in [0.1, 0.15) is 21.5 Å². The van der Waals surface area contributed by atoms with Gasteiger partial charge in [0.1, 0.15) is 24.7 Å². The molecule has 0 aliphatic carbocycles. The molecule has 3 aromatic rings. The quantitative estimate of drug-likeness (QED) is 0.614. The Labute approximate surface area is 152 Å². The summed E-state index contributed by atoms with van der Waals surface area (Å²) in [5.41, 5.74) is 2.25. The number of carbonyl (C=O) groups excluding carboxylic acids is 1. The third kappa shape index (κ3) is 4.94. The zero-order chi connectivity index (χ0) is 18.2. The second-order valence-electron chi connectivity index (χ2n) is 5.85. The van der Waals surface area contributed by atoms with Crippen LogP contribution >= 0.6 is 0 Å². The Morgan fingerprint density at radius 3 is 2.04 bits per heavy atom. The van der Waals surface area contributed by atoms with Crippen molar-refractivity contribution in [3.05, 3.63) is 95.6 Å². The van der Waals surface area contributed by atoms with Crippen molar-refractivity contribution in [2.24, 2.45) is 0 Å². The molecule has 0 aliphatic rings. The van der Waals surface area contributed by atoms with Crippen LogP contribution < -0.4 is 4.74 Å². The Hall–Kier alpha value is -3.11. The van der Waals surface area contributed by atoms with E-state index in [0.29, 0.717) is 19.0 Å². The molecule has 132 valence electrons. The van der Waals surface area contributed by atoms with Gasteiger partial charge in [0, 0.05) is 6.07 Å². The highest BCUT2D eigenvalue weighted by atomic mass is 16.5. The molecule has 4 heteroatoms. The van der Waals surface area contributed by atoms with Crippen molar-refractivity contribution >= 4 is 5.78 Å². The van der Waals surface area contributed by atoms with Crippen LogP contribution in [0.2, 0.25) is 0 Å². The first-order valence-electron chi connectivity index (χ1n) is 8.37. The maximum absolute atomic E-state index is 12.2. The molecule has 26 heavy (non-hydrogen) atoms. The van der Waals surface area contributed by atoms with E-state index in [1.165, 1.54) is 6.07 Å². The van der Waals surface area contributed by atoms with Crippen LogP contribution in [0.3, 0.4) is 0 Å². The van der Waals surface area contributed by atoms with Crippen molar-refractivity contribution in [2.45, 2.75) is 13.2 Å². The van der Waals surface area contributed by atoms with Gasteiger partial charge in [0.15, 0.2) is 5.78 Å². The summed E-state index contributed by atoms with van der Waals surface area (Å²) in [6.07, 6.45) is 0. The molecule has 1 N–H and O–H groups in total. The van der Waals surface area contributed by atoms with E-state index >= 15 is 0 Å². The topological polar surface area (TPSA) is 55.8 Å². The summed E-state index contributed by atoms with van der Waals surface area (Å²) in [5.74, 6) is 0.130. The summed E-state index contributed by atoms with van der Waals surface area (Å²) < 4.78 is 11.1. The molecule has 0 saturated heterocycles. The van der Waals surface area contributed by atoms with Gasteiger partial charge in [-0.05, 0) is 23.3 Å². The van der Waals surface area contributed by atoms with E-state index in [1.807, 2.05) is 60.7 Å². The number of hydrogen-bond acceptors (Lipinski definition) is 4. The van der Waals surface area contributed by atoms with Crippen molar-refractivity contribution in [1.29, 1.82) is 0 Å². The van der Waals surface area contributed by atoms with Crippen molar-refractivity contribution in [1.82, 2.24) is 0 Å². The van der Waals surface area contributed by atoms with Gasteiger partial charge in [0.25, 0.3) is 0 Å². The van der Waals surface area contributed by atoms with Gasteiger partial charge < -0.3 is 14.6 Å². The van der Waals surface area contributed by atoms with E-state index in [2.05, 4.69) is 0 Å². The number of phenolic OH excluding ortho intramolecular Hbond substituents is 1. The second-order valence-corrected chi connectivity index (χ2v) is 5.85. The van der Waals surface area contributed by atoms with Gasteiger partial charge >= 0.3 is 0 Å². The number of rotatable bonds is 8. The minimum Gasteiger partial charge on any atom is -0.507 e. The normalized spacial score (nSPS) is 10.5. The highest BCUT2D eigenvalue weighted by Gasteiger charge is 2.12. The fourth-order valence-electron chi connectivity index (χ4n) is 2.49. The summed E-state index contributed by atoms with van der Waals surface area (Å²) in [4.78, 5) is 12.2. The van der Waals surface area contributed by atoms with Crippen molar-refractivity contribution < 1.29 is 19.4 Å². The Kier molecular flexibility index (Phi) is 6.01. The summed E-state index contributed by atoms with van der Waals surface area (Å²) in [6, 6.07) is 24.0. The van der Waals surface area contributed by atoms with E-state index in [4.69, 9.17) is 9.47 Å². The molecule has 0 fully saturated rings. The molecule has 0 radical (unpaired) electrons. The highest BCUT2D eigenvalue weighted by Crippen LogP contribution is 2.25. The number of hydrogen-bond donors (Lipinski definition) is 1. The maximum atomic E-state index is 12.2. The molecule has 3 rings (SSSR count). The minimum absolute atomic E-state index is 0.0906. The van der Waals surface area contributed by atoms with E-state index in [1.54, 1.807) is 12.1 Å². The Morgan fingerprint density at radius 2 is 1.42 bits per heavy atom. The maximum Gasteiger partial charge on any atom is 0.192 e. The molecule has 0 amide bonds. The molecular formula is C22H20O4. The van der Waals surface area contributed by atoms with Crippen molar-refractivity contribution in [3.63, 3.8) is 0 Å². The van der Waals surface area contributed by atoms with Gasteiger partial charge in [0.05, 0.1) is 12.2 Å². The van der Waals surface area contributed by atoms with E-state index < -0.39 is 0 Å². The largest absolute Gasteiger partial charge is 0.507 e. The van der Waals surface area contributed by atoms with Crippen LogP contribution in [-0.4, -0.2) is 17.5 Å². The number of phenols is 1. The highest BCUT2D eigenvalue weighted by molar-refractivity contribution is 5.99. The fourth-order valence-corrected chi connectivity index (χ4v) is 2.49. The number of ketones is 1. The molecule has 0 spiro atoms. The SMILES string of the molecule is O=C(COCc1ccccc1)c1ccc(OCc2ccccc2)cc1O. The lowest BCUT2D eigenvalue weighted by atomic mass is 10.1. The molecule has 0 aliphatic heterocycles. The zero-order valence-corrected chi connectivity index (χ0v) is 14.3.